The highest BCUT2D eigenvalue weighted by atomic mass is 79.9. The minimum atomic E-state index is -0.909. The van der Waals surface area contributed by atoms with Crippen molar-refractivity contribution in [2.24, 2.45) is 5.92 Å². The first-order chi connectivity index (χ1) is 7.97. The Balaban J connectivity index is 2.44. The van der Waals surface area contributed by atoms with Crippen LogP contribution in [0, 0.1) is 5.92 Å². The fraction of sp³-hybridized carbons (Fsp3) is 0.400. The number of carbonyl (C=O) groups is 2. The summed E-state index contributed by atoms with van der Waals surface area (Å²) >= 11 is 3.13. The monoisotopic (exact) mass is 301 g/mol. The van der Waals surface area contributed by atoms with Gasteiger partial charge in [-0.2, -0.15) is 0 Å². The van der Waals surface area contributed by atoms with Gasteiger partial charge in [0.05, 0.1) is 12.4 Å². The smallest absolute Gasteiger partial charge is 0.303 e. The molecule has 6 nitrogen and oxygen atoms in total. The zero-order chi connectivity index (χ0) is 12.8. The third kappa shape index (κ3) is 5.39. The average Bonchev–Trinajstić information content (AvgIpc) is 2.19. The molecule has 0 saturated heterocycles. The number of aliphatic carboxylic acids is 1. The molecule has 0 fully saturated rings. The lowest BCUT2D eigenvalue weighted by molar-refractivity contribution is -0.138. The molecule has 0 aliphatic rings. The molecule has 0 bridgehead atoms. The molecule has 1 amide bonds. The van der Waals surface area contributed by atoms with E-state index in [0.29, 0.717) is 10.4 Å². The number of nitrogens with zero attached hydrogens (tertiary/aromatic N) is 2. The number of amides is 1. The van der Waals surface area contributed by atoms with Crippen LogP contribution in [-0.4, -0.2) is 27.0 Å². The van der Waals surface area contributed by atoms with Crippen LogP contribution < -0.4 is 5.32 Å². The van der Waals surface area contributed by atoms with Crippen LogP contribution in [0.5, 0.6) is 0 Å². The number of carboxylic acids is 1. The summed E-state index contributed by atoms with van der Waals surface area (Å²) in [4.78, 5) is 29.8. The van der Waals surface area contributed by atoms with E-state index in [1.54, 1.807) is 6.92 Å². The summed E-state index contributed by atoms with van der Waals surface area (Å²) in [5.74, 6) is -1.04. The molecule has 1 heterocycles. The Morgan fingerprint density at radius 2 is 2.12 bits per heavy atom. The fourth-order valence-corrected chi connectivity index (χ4v) is 1.46. The molecule has 0 spiro atoms. The van der Waals surface area contributed by atoms with Gasteiger partial charge in [0.25, 0.3) is 0 Å². The molecule has 1 unspecified atom stereocenters. The zero-order valence-corrected chi connectivity index (χ0v) is 10.8. The lowest BCUT2D eigenvalue weighted by Gasteiger charge is -2.08. The van der Waals surface area contributed by atoms with E-state index in [0.717, 1.165) is 0 Å². The van der Waals surface area contributed by atoms with E-state index in [-0.39, 0.29) is 24.7 Å². The summed E-state index contributed by atoms with van der Waals surface area (Å²) < 4.78 is 0.578. The molecule has 7 heteroatoms. The second kappa shape index (κ2) is 6.29. The fourth-order valence-electron chi connectivity index (χ4n) is 1.26. The molecule has 0 aromatic carbocycles. The van der Waals surface area contributed by atoms with Crippen LogP contribution in [0.3, 0.4) is 0 Å². The molecule has 0 aliphatic carbocycles. The van der Waals surface area contributed by atoms with Crippen molar-refractivity contribution < 1.29 is 14.7 Å². The first-order valence-corrected chi connectivity index (χ1v) is 5.76. The lowest BCUT2D eigenvalue weighted by atomic mass is 10.0. The van der Waals surface area contributed by atoms with E-state index in [9.17, 15) is 9.59 Å². The van der Waals surface area contributed by atoms with Gasteiger partial charge in [-0.1, -0.05) is 6.92 Å². The molecule has 1 atom stereocenters. The second-order valence-electron chi connectivity index (χ2n) is 3.68. The maximum absolute atomic E-state index is 11.5. The lowest BCUT2D eigenvalue weighted by Crippen LogP contribution is -2.17. The molecule has 1 rings (SSSR count). The van der Waals surface area contributed by atoms with E-state index >= 15 is 0 Å². The predicted octanol–water partition coefficient (Wildman–Crippen LogP) is 1.68. The highest BCUT2D eigenvalue weighted by Gasteiger charge is 2.13. The summed E-state index contributed by atoms with van der Waals surface area (Å²) in [5, 5.41) is 11.1. The third-order valence-corrected chi connectivity index (χ3v) is 2.35. The SMILES string of the molecule is CC(CC(=O)O)CC(=O)Nc1cnc(Br)cn1. The molecule has 92 valence electrons. The van der Waals surface area contributed by atoms with Crippen LogP contribution in [-0.2, 0) is 9.59 Å². The Morgan fingerprint density at radius 3 is 2.65 bits per heavy atom. The zero-order valence-electron chi connectivity index (χ0n) is 9.18. The predicted molar refractivity (Wildman–Crippen MR) is 64.4 cm³/mol. The molecule has 17 heavy (non-hydrogen) atoms. The van der Waals surface area contributed by atoms with Crippen LogP contribution in [0.1, 0.15) is 19.8 Å². The van der Waals surface area contributed by atoms with Crippen molar-refractivity contribution in [3.8, 4) is 0 Å². The number of hydrogen-bond donors (Lipinski definition) is 2. The molecule has 1 aromatic rings. The first kappa shape index (κ1) is 13.6. The van der Waals surface area contributed by atoms with Crippen molar-refractivity contribution in [3.63, 3.8) is 0 Å². The molecule has 2 N–H and O–H groups in total. The van der Waals surface area contributed by atoms with Crippen molar-refractivity contribution in [1.29, 1.82) is 0 Å². The summed E-state index contributed by atoms with van der Waals surface area (Å²) in [6, 6.07) is 0. The van der Waals surface area contributed by atoms with Gasteiger partial charge in [0.1, 0.15) is 4.60 Å². The van der Waals surface area contributed by atoms with E-state index < -0.39 is 5.97 Å². The second-order valence-corrected chi connectivity index (χ2v) is 4.49. The number of nitrogens with one attached hydrogen (secondary N) is 1. The van der Waals surface area contributed by atoms with E-state index in [4.69, 9.17) is 5.11 Å². The van der Waals surface area contributed by atoms with Gasteiger partial charge < -0.3 is 10.4 Å². The van der Waals surface area contributed by atoms with Crippen molar-refractivity contribution in [2.75, 3.05) is 5.32 Å². The Hall–Kier alpha value is -1.50. The molecule has 1 aromatic heterocycles. The highest BCUT2D eigenvalue weighted by molar-refractivity contribution is 9.10. The van der Waals surface area contributed by atoms with Crippen LogP contribution >= 0.6 is 15.9 Å². The Kier molecular flexibility index (Phi) is 5.02. The van der Waals surface area contributed by atoms with Crippen molar-refractivity contribution >= 4 is 33.6 Å². The van der Waals surface area contributed by atoms with Crippen LogP contribution in [0.4, 0.5) is 5.82 Å². The standard InChI is InChI=1S/C10H12BrN3O3/c1-6(3-10(16)17)2-9(15)14-8-5-12-7(11)4-13-8/h4-6H,2-3H2,1H3,(H,16,17)(H,13,14,15). The summed E-state index contributed by atoms with van der Waals surface area (Å²) in [5.41, 5.74) is 0. The van der Waals surface area contributed by atoms with Crippen LogP contribution in [0.2, 0.25) is 0 Å². The minimum Gasteiger partial charge on any atom is -0.481 e. The molecular formula is C10H12BrN3O3. The van der Waals surface area contributed by atoms with Gasteiger partial charge in [-0.15, -0.1) is 0 Å². The number of carboxylic acid groups (broad SMARTS) is 1. The van der Waals surface area contributed by atoms with Crippen molar-refractivity contribution in [2.45, 2.75) is 19.8 Å². The molecule has 0 radical (unpaired) electrons. The van der Waals surface area contributed by atoms with Crippen LogP contribution in [0.15, 0.2) is 17.0 Å². The van der Waals surface area contributed by atoms with Gasteiger partial charge in [-0.3, -0.25) is 9.59 Å². The Bertz CT molecular complexity index is 408. The van der Waals surface area contributed by atoms with E-state index in [1.165, 1.54) is 12.4 Å². The van der Waals surface area contributed by atoms with Gasteiger partial charge in [-0.05, 0) is 21.8 Å². The molecular weight excluding hydrogens is 290 g/mol. The molecule has 0 saturated carbocycles. The highest BCUT2D eigenvalue weighted by Crippen LogP contribution is 2.10. The topological polar surface area (TPSA) is 92.2 Å². The average molecular weight is 302 g/mol. The van der Waals surface area contributed by atoms with Gasteiger partial charge in [0.15, 0.2) is 5.82 Å². The number of anilines is 1. The number of carbonyl (C=O) groups excluding carboxylic acids is 1. The van der Waals surface area contributed by atoms with E-state index in [1.807, 2.05) is 0 Å². The first-order valence-electron chi connectivity index (χ1n) is 4.96. The van der Waals surface area contributed by atoms with Crippen molar-refractivity contribution in [1.82, 2.24) is 9.97 Å². The van der Waals surface area contributed by atoms with Gasteiger partial charge in [-0.25, -0.2) is 9.97 Å². The summed E-state index contributed by atoms with van der Waals surface area (Å²) in [7, 11) is 0. The number of aromatic nitrogens is 2. The van der Waals surface area contributed by atoms with Crippen molar-refractivity contribution in [3.05, 3.63) is 17.0 Å². The maximum atomic E-state index is 11.5. The molecule has 0 aliphatic heterocycles. The number of hydrogen-bond acceptors (Lipinski definition) is 4. The third-order valence-electron chi connectivity index (χ3n) is 1.94. The maximum Gasteiger partial charge on any atom is 0.303 e. The normalized spacial score (nSPS) is 11.9. The van der Waals surface area contributed by atoms with E-state index in [2.05, 4.69) is 31.2 Å². The minimum absolute atomic E-state index is 0.0283. The quantitative estimate of drug-likeness (QED) is 0.863. The van der Waals surface area contributed by atoms with Crippen LogP contribution in [0.25, 0.3) is 0 Å². The largest absolute Gasteiger partial charge is 0.481 e. The Morgan fingerprint density at radius 1 is 1.41 bits per heavy atom. The number of halogens is 1. The van der Waals surface area contributed by atoms with Gasteiger partial charge in [0, 0.05) is 12.8 Å². The van der Waals surface area contributed by atoms with Gasteiger partial charge in [0.2, 0.25) is 5.91 Å². The summed E-state index contributed by atoms with van der Waals surface area (Å²) in [6.07, 6.45) is 3.00. The number of rotatable bonds is 5. The van der Waals surface area contributed by atoms with Gasteiger partial charge >= 0.3 is 5.97 Å². The summed E-state index contributed by atoms with van der Waals surface area (Å²) in [6.45, 7) is 1.71. The Labute approximate surface area is 107 Å².